The van der Waals surface area contributed by atoms with Gasteiger partial charge in [-0.25, -0.2) is 0 Å². The highest BCUT2D eigenvalue weighted by molar-refractivity contribution is 5.42. The summed E-state index contributed by atoms with van der Waals surface area (Å²) < 4.78 is 0. The SMILES string of the molecule is Cc1ccc(NC2CCCC2C)cn1. The van der Waals surface area contributed by atoms with Crippen molar-refractivity contribution in [1.29, 1.82) is 0 Å². The summed E-state index contributed by atoms with van der Waals surface area (Å²) in [5.74, 6) is 0.802. The molecule has 2 unspecified atom stereocenters. The summed E-state index contributed by atoms with van der Waals surface area (Å²) in [7, 11) is 0. The zero-order chi connectivity index (χ0) is 9.97. The van der Waals surface area contributed by atoms with Gasteiger partial charge in [-0.3, -0.25) is 4.98 Å². The lowest BCUT2D eigenvalue weighted by atomic mass is 10.1. The second-order valence-electron chi connectivity index (χ2n) is 4.35. The molecule has 1 heterocycles. The largest absolute Gasteiger partial charge is 0.381 e. The summed E-state index contributed by atoms with van der Waals surface area (Å²) in [6.07, 6.45) is 5.95. The van der Waals surface area contributed by atoms with Gasteiger partial charge in [-0.1, -0.05) is 13.3 Å². The molecule has 0 aliphatic heterocycles. The number of anilines is 1. The third-order valence-electron chi connectivity index (χ3n) is 3.12. The van der Waals surface area contributed by atoms with Crippen molar-refractivity contribution in [2.24, 2.45) is 5.92 Å². The molecule has 1 fully saturated rings. The zero-order valence-electron chi connectivity index (χ0n) is 8.96. The average molecular weight is 190 g/mol. The monoisotopic (exact) mass is 190 g/mol. The Bertz CT molecular complexity index is 292. The number of hydrogen-bond acceptors (Lipinski definition) is 2. The summed E-state index contributed by atoms with van der Waals surface area (Å²) in [6, 6.07) is 4.83. The normalized spacial score (nSPS) is 26.4. The van der Waals surface area contributed by atoms with Gasteiger partial charge in [0.25, 0.3) is 0 Å². The maximum absolute atomic E-state index is 4.28. The van der Waals surface area contributed by atoms with Gasteiger partial charge in [-0.15, -0.1) is 0 Å². The predicted molar refractivity (Wildman–Crippen MR) is 59.4 cm³/mol. The molecule has 1 aliphatic rings. The first-order chi connectivity index (χ1) is 6.75. The maximum atomic E-state index is 4.28. The number of pyridine rings is 1. The molecule has 0 amide bonds. The smallest absolute Gasteiger partial charge is 0.0529 e. The third-order valence-corrected chi connectivity index (χ3v) is 3.12. The van der Waals surface area contributed by atoms with Gasteiger partial charge in [0, 0.05) is 11.7 Å². The van der Waals surface area contributed by atoms with Crippen molar-refractivity contribution in [2.45, 2.75) is 39.2 Å². The fraction of sp³-hybridized carbons (Fsp3) is 0.583. The lowest BCUT2D eigenvalue weighted by Gasteiger charge is -2.18. The number of aromatic nitrogens is 1. The topological polar surface area (TPSA) is 24.9 Å². The molecule has 14 heavy (non-hydrogen) atoms. The summed E-state index contributed by atoms with van der Waals surface area (Å²) >= 11 is 0. The minimum atomic E-state index is 0.652. The van der Waals surface area contributed by atoms with Crippen molar-refractivity contribution >= 4 is 5.69 Å². The van der Waals surface area contributed by atoms with Crippen LogP contribution in [0.5, 0.6) is 0 Å². The van der Waals surface area contributed by atoms with E-state index >= 15 is 0 Å². The quantitative estimate of drug-likeness (QED) is 0.775. The Morgan fingerprint density at radius 1 is 1.36 bits per heavy atom. The van der Waals surface area contributed by atoms with Crippen LogP contribution < -0.4 is 5.32 Å². The Morgan fingerprint density at radius 3 is 2.79 bits per heavy atom. The fourth-order valence-corrected chi connectivity index (χ4v) is 2.13. The van der Waals surface area contributed by atoms with Crippen LogP contribution >= 0.6 is 0 Å². The Hall–Kier alpha value is -1.05. The molecule has 0 saturated heterocycles. The van der Waals surface area contributed by atoms with E-state index in [9.17, 15) is 0 Å². The van der Waals surface area contributed by atoms with Crippen molar-refractivity contribution in [3.05, 3.63) is 24.0 Å². The fourth-order valence-electron chi connectivity index (χ4n) is 2.13. The zero-order valence-corrected chi connectivity index (χ0v) is 8.96. The van der Waals surface area contributed by atoms with Crippen molar-refractivity contribution in [1.82, 2.24) is 4.98 Å². The number of nitrogens with zero attached hydrogens (tertiary/aromatic N) is 1. The summed E-state index contributed by atoms with van der Waals surface area (Å²) in [6.45, 7) is 4.34. The molecule has 0 radical (unpaired) electrons. The van der Waals surface area contributed by atoms with Gasteiger partial charge >= 0.3 is 0 Å². The molecule has 2 atom stereocenters. The molecule has 1 N–H and O–H groups in total. The third kappa shape index (κ3) is 2.06. The Labute approximate surface area is 85.7 Å². The van der Waals surface area contributed by atoms with E-state index in [1.54, 1.807) is 0 Å². The minimum Gasteiger partial charge on any atom is -0.381 e. The first-order valence-electron chi connectivity index (χ1n) is 5.45. The van der Waals surface area contributed by atoms with Crippen LogP contribution in [0.1, 0.15) is 31.9 Å². The molecule has 2 heteroatoms. The molecule has 1 aromatic rings. The maximum Gasteiger partial charge on any atom is 0.0529 e. The van der Waals surface area contributed by atoms with Crippen LogP contribution in [-0.2, 0) is 0 Å². The minimum absolute atomic E-state index is 0.652. The van der Waals surface area contributed by atoms with E-state index in [1.807, 2.05) is 13.1 Å². The molecule has 1 saturated carbocycles. The summed E-state index contributed by atoms with van der Waals surface area (Å²) in [5, 5.41) is 3.56. The molecular weight excluding hydrogens is 172 g/mol. The van der Waals surface area contributed by atoms with Gasteiger partial charge in [0.15, 0.2) is 0 Å². The lowest BCUT2D eigenvalue weighted by molar-refractivity contribution is 0.556. The first-order valence-corrected chi connectivity index (χ1v) is 5.45. The molecule has 2 nitrogen and oxygen atoms in total. The van der Waals surface area contributed by atoms with E-state index in [0.717, 1.165) is 17.3 Å². The summed E-state index contributed by atoms with van der Waals surface area (Å²) in [4.78, 5) is 4.28. The van der Waals surface area contributed by atoms with E-state index in [4.69, 9.17) is 0 Å². The molecule has 1 aliphatic carbocycles. The molecule has 0 bridgehead atoms. The van der Waals surface area contributed by atoms with Crippen LogP contribution in [0.2, 0.25) is 0 Å². The Kier molecular flexibility index (Phi) is 2.71. The Morgan fingerprint density at radius 2 is 2.21 bits per heavy atom. The van der Waals surface area contributed by atoms with E-state index in [-0.39, 0.29) is 0 Å². The first kappa shape index (κ1) is 9.50. The number of rotatable bonds is 2. The standard InChI is InChI=1S/C12H18N2/c1-9-4-3-5-12(9)14-11-7-6-10(2)13-8-11/h6-9,12,14H,3-5H2,1-2H3. The van der Waals surface area contributed by atoms with Gasteiger partial charge in [0.2, 0.25) is 0 Å². The van der Waals surface area contributed by atoms with Gasteiger partial charge in [0.05, 0.1) is 11.9 Å². The van der Waals surface area contributed by atoms with E-state index in [0.29, 0.717) is 6.04 Å². The molecule has 0 aromatic carbocycles. The van der Waals surface area contributed by atoms with Crippen molar-refractivity contribution in [3.63, 3.8) is 0 Å². The molecular formula is C12H18N2. The highest BCUT2D eigenvalue weighted by Crippen LogP contribution is 2.27. The molecule has 2 rings (SSSR count). The van der Waals surface area contributed by atoms with Crippen LogP contribution in [0.15, 0.2) is 18.3 Å². The van der Waals surface area contributed by atoms with E-state index in [2.05, 4.69) is 29.4 Å². The molecule has 1 aromatic heterocycles. The molecule has 0 spiro atoms. The second kappa shape index (κ2) is 3.99. The Balaban J connectivity index is 2.00. The van der Waals surface area contributed by atoms with Gasteiger partial charge in [-0.2, -0.15) is 0 Å². The van der Waals surface area contributed by atoms with Crippen molar-refractivity contribution in [2.75, 3.05) is 5.32 Å². The van der Waals surface area contributed by atoms with Crippen LogP contribution in [0.25, 0.3) is 0 Å². The van der Waals surface area contributed by atoms with E-state index < -0.39 is 0 Å². The highest BCUT2D eigenvalue weighted by Gasteiger charge is 2.22. The van der Waals surface area contributed by atoms with Crippen molar-refractivity contribution < 1.29 is 0 Å². The lowest BCUT2D eigenvalue weighted by Crippen LogP contribution is -2.21. The predicted octanol–water partition coefficient (Wildman–Crippen LogP) is 2.99. The molecule has 76 valence electrons. The van der Waals surface area contributed by atoms with Crippen LogP contribution in [0.4, 0.5) is 5.69 Å². The highest BCUT2D eigenvalue weighted by atomic mass is 14.9. The van der Waals surface area contributed by atoms with Crippen LogP contribution in [0, 0.1) is 12.8 Å². The van der Waals surface area contributed by atoms with Gasteiger partial charge in [-0.05, 0) is 37.8 Å². The van der Waals surface area contributed by atoms with Gasteiger partial charge < -0.3 is 5.32 Å². The van der Waals surface area contributed by atoms with Crippen LogP contribution in [-0.4, -0.2) is 11.0 Å². The van der Waals surface area contributed by atoms with E-state index in [1.165, 1.54) is 19.3 Å². The summed E-state index contributed by atoms with van der Waals surface area (Å²) in [5.41, 5.74) is 2.24. The number of aryl methyl sites for hydroxylation is 1. The van der Waals surface area contributed by atoms with Crippen LogP contribution in [0.3, 0.4) is 0 Å². The number of hydrogen-bond donors (Lipinski definition) is 1. The number of nitrogens with one attached hydrogen (secondary N) is 1. The van der Waals surface area contributed by atoms with Gasteiger partial charge in [0.1, 0.15) is 0 Å². The second-order valence-corrected chi connectivity index (χ2v) is 4.35. The van der Waals surface area contributed by atoms with Crippen molar-refractivity contribution in [3.8, 4) is 0 Å². The average Bonchev–Trinajstić information content (AvgIpc) is 2.56.